The molecule has 0 nitrogen and oxygen atoms in total. The summed E-state index contributed by atoms with van der Waals surface area (Å²) in [5.74, 6) is 0.553. The molecule has 0 atom stereocenters. The van der Waals surface area contributed by atoms with Crippen LogP contribution in [0.25, 0.3) is 0 Å². The number of benzene rings is 3. The zero-order valence-corrected chi connectivity index (χ0v) is 11.1. The fourth-order valence-electron chi connectivity index (χ4n) is 4.33. The van der Waals surface area contributed by atoms with Crippen LogP contribution in [0.15, 0.2) is 78.9 Å². The van der Waals surface area contributed by atoms with Gasteiger partial charge in [-0.3, -0.25) is 0 Å². The van der Waals surface area contributed by atoms with Crippen molar-refractivity contribution in [2.24, 2.45) is 0 Å². The second-order valence-corrected chi connectivity index (χ2v) is 5.78. The molecular weight excluding hydrogens is 240 g/mol. The third kappa shape index (κ3) is 0.946. The van der Waals surface area contributed by atoms with Crippen LogP contribution < -0.4 is 0 Å². The molecule has 20 heavy (non-hydrogen) atoms. The SMILES string of the molecule is c1ccc(C23c4ccccc4C2c2ccccc23)cc1. The number of fused-ring (bicyclic) bond motifs is 7. The summed E-state index contributed by atoms with van der Waals surface area (Å²) in [6.07, 6.45) is 0. The van der Waals surface area contributed by atoms with E-state index in [2.05, 4.69) is 78.9 Å². The maximum atomic E-state index is 2.30. The molecule has 0 bridgehead atoms. The van der Waals surface area contributed by atoms with Crippen LogP contribution in [-0.4, -0.2) is 0 Å². The molecule has 0 spiro atoms. The van der Waals surface area contributed by atoms with E-state index in [0.29, 0.717) is 5.92 Å². The Bertz CT molecular complexity index is 767. The van der Waals surface area contributed by atoms with Crippen molar-refractivity contribution in [3.8, 4) is 0 Å². The van der Waals surface area contributed by atoms with Gasteiger partial charge >= 0.3 is 0 Å². The maximum Gasteiger partial charge on any atom is 0.0566 e. The van der Waals surface area contributed by atoms with E-state index >= 15 is 0 Å². The van der Waals surface area contributed by atoms with Crippen molar-refractivity contribution < 1.29 is 0 Å². The molecule has 0 radical (unpaired) electrons. The van der Waals surface area contributed by atoms with Gasteiger partial charge in [0.25, 0.3) is 0 Å². The molecule has 3 aromatic rings. The Balaban J connectivity index is 1.86. The van der Waals surface area contributed by atoms with Crippen LogP contribution in [0.4, 0.5) is 0 Å². The lowest BCUT2D eigenvalue weighted by Crippen LogP contribution is -2.54. The molecule has 0 aliphatic heterocycles. The zero-order chi connectivity index (χ0) is 13.2. The van der Waals surface area contributed by atoms with Gasteiger partial charge in [-0.15, -0.1) is 0 Å². The molecule has 3 aromatic carbocycles. The summed E-state index contributed by atoms with van der Waals surface area (Å²) in [6, 6.07) is 28.8. The highest BCUT2D eigenvalue weighted by atomic mass is 14.6. The summed E-state index contributed by atoms with van der Waals surface area (Å²) >= 11 is 0. The monoisotopic (exact) mass is 254 g/mol. The van der Waals surface area contributed by atoms with Gasteiger partial charge in [-0.25, -0.2) is 0 Å². The average Bonchev–Trinajstić information content (AvgIpc) is 2.49. The van der Waals surface area contributed by atoms with Gasteiger partial charge in [0.2, 0.25) is 0 Å². The molecule has 94 valence electrons. The highest BCUT2D eigenvalue weighted by molar-refractivity contribution is 5.76. The van der Waals surface area contributed by atoms with Crippen molar-refractivity contribution in [3.63, 3.8) is 0 Å². The predicted molar refractivity (Wildman–Crippen MR) is 81.1 cm³/mol. The van der Waals surface area contributed by atoms with Crippen molar-refractivity contribution in [1.29, 1.82) is 0 Å². The van der Waals surface area contributed by atoms with Gasteiger partial charge in [-0.05, 0) is 27.8 Å². The second-order valence-electron chi connectivity index (χ2n) is 5.78. The van der Waals surface area contributed by atoms with E-state index in [-0.39, 0.29) is 5.41 Å². The lowest BCUT2D eigenvalue weighted by molar-refractivity contribution is 0.397. The average molecular weight is 254 g/mol. The van der Waals surface area contributed by atoms with Gasteiger partial charge in [0.05, 0.1) is 5.41 Å². The Hall–Kier alpha value is -2.34. The normalized spacial score (nSPS) is 24.7. The molecule has 0 heterocycles. The van der Waals surface area contributed by atoms with E-state index in [1.54, 1.807) is 0 Å². The highest BCUT2D eigenvalue weighted by Gasteiger charge is 2.62. The van der Waals surface area contributed by atoms with E-state index in [9.17, 15) is 0 Å². The standard InChI is InChI=1S/C20H14/c1-2-8-14(9-3-1)20-17-12-6-4-10-15(17)19(20)16-11-5-7-13-18(16)20/h1-13,19H. The summed E-state index contributed by atoms with van der Waals surface area (Å²) < 4.78 is 0. The number of hydrogen-bond acceptors (Lipinski definition) is 0. The Kier molecular flexibility index (Phi) is 1.78. The largest absolute Gasteiger partial charge is 0.0622 e. The third-order valence-corrected chi connectivity index (χ3v) is 5.06. The summed E-state index contributed by atoms with van der Waals surface area (Å²) in [7, 11) is 0. The summed E-state index contributed by atoms with van der Waals surface area (Å²) in [6.45, 7) is 0. The van der Waals surface area contributed by atoms with Crippen LogP contribution in [0.5, 0.6) is 0 Å². The summed E-state index contributed by atoms with van der Waals surface area (Å²) in [5, 5.41) is 0. The Morgan fingerprint density at radius 2 is 1.05 bits per heavy atom. The molecule has 5 rings (SSSR count). The van der Waals surface area contributed by atoms with E-state index in [1.807, 2.05) is 0 Å². The van der Waals surface area contributed by atoms with Crippen LogP contribution in [0.1, 0.15) is 33.7 Å². The molecule has 2 aliphatic carbocycles. The van der Waals surface area contributed by atoms with Crippen molar-refractivity contribution in [2.45, 2.75) is 11.3 Å². The van der Waals surface area contributed by atoms with Gasteiger partial charge in [-0.2, -0.15) is 0 Å². The van der Waals surface area contributed by atoms with Crippen LogP contribution in [0.3, 0.4) is 0 Å². The lowest BCUT2D eigenvalue weighted by atomic mass is 9.40. The van der Waals surface area contributed by atoms with E-state index in [4.69, 9.17) is 0 Å². The first-order valence-electron chi connectivity index (χ1n) is 7.18. The molecule has 0 amide bonds. The molecule has 0 heteroatoms. The first kappa shape index (κ1) is 10.4. The topological polar surface area (TPSA) is 0 Å². The Labute approximate surface area is 118 Å². The van der Waals surface area contributed by atoms with Crippen molar-refractivity contribution >= 4 is 0 Å². The predicted octanol–water partition coefficient (Wildman–Crippen LogP) is 4.48. The lowest BCUT2D eigenvalue weighted by Gasteiger charge is -2.61. The highest BCUT2D eigenvalue weighted by Crippen LogP contribution is 2.69. The maximum absolute atomic E-state index is 2.30. The first-order chi connectivity index (χ1) is 9.94. The number of hydrogen-bond donors (Lipinski definition) is 0. The van der Waals surface area contributed by atoms with Crippen LogP contribution in [0.2, 0.25) is 0 Å². The molecule has 0 N–H and O–H groups in total. The Morgan fingerprint density at radius 3 is 1.65 bits per heavy atom. The smallest absolute Gasteiger partial charge is 0.0566 e. The van der Waals surface area contributed by atoms with Crippen molar-refractivity contribution in [1.82, 2.24) is 0 Å². The van der Waals surface area contributed by atoms with E-state index in [1.165, 1.54) is 27.8 Å². The molecule has 0 aromatic heterocycles. The van der Waals surface area contributed by atoms with Crippen LogP contribution in [0, 0.1) is 0 Å². The van der Waals surface area contributed by atoms with Gasteiger partial charge < -0.3 is 0 Å². The third-order valence-electron chi connectivity index (χ3n) is 5.06. The molecule has 0 saturated carbocycles. The van der Waals surface area contributed by atoms with Gasteiger partial charge in [0, 0.05) is 5.92 Å². The molecule has 0 fully saturated rings. The van der Waals surface area contributed by atoms with Crippen LogP contribution >= 0.6 is 0 Å². The summed E-state index contributed by atoms with van der Waals surface area (Å²) in [5.41, 5.74) is 7.56. The fraction of sp³-hybridized carbons (Fsp3) is 0.100. The molecule has 0 saturated heterocycles. The Morgan fingerprint density at radius 1 is 0.550 bits per heavy atom. The van der Waals surface area contributed by atoms with Crippen molar-refractivity contribution in [2.75, 3.05) is 0 Å². The van der Waals surface area contributed by atoms with Crippen LogP contribution in [-0.2, 0) is 5.41 Å². The van der Waals surface area contributed by atoms with Gasteiger partial charge in [0.15, 0.2) is 0 Å². The fourth-order valence-corrected chi connectivity index (χ4v) is 4.33. The van der Waals surface area contributed by atoms with Crippen molar-refractivity contribution in [3.05, 3.63) is 107 Å². The quantitative estimate of drug-likeness (QED) is 0.600. The first-order valence-corrected chi connectivity index (χ1v) is 7.18. The molecular formula is C20H14. The minimum absolute atomic E-state index is 0.119. The minimum atomic E-state index is 0.119. The number of rotatable bonds is 1. The minimum Gasteiger partial charge on any atom is -0.0622 e. The van der Waals surface area contributed by atoms with Gasteiger partial charge in [0.1, 0.15) is 0 Å². The van der Waals surface area contributed by atoms with E-state index < -0.39 is 0 Å². The summed E-state index contributed by atoms with van der Waals surface area (Å²) in [4.78, 5) is 0. The molecule has 0 unspecified atom stereocenters. The molecule has 2 aliphatic rings. The zero-order valence-electron chi connectivity index (χ0n) is 11.1. The second kappa shape index (κ2) is 3.40. The van der Waals surface area contributed by atoms with E-state index in [0.717, 1.165) is 0 Å². The van der Waals surface area contributed by atoms with Gasteiger partial charge in [-0.1, -0.05) is 78.9 Å².